The molecule has 0 bridgehead atoms. The van der Waals surface area contributed by atoms with E-state index in [9.17, 15) is 0 Å². The van der Waals surface area contributed by atoms with Crippen LogP contribution in [0.15, 0.2) is 120 Å². The van der Waals surface area contributed by atoms with Gasteiger partial charge in [0.05, 0.1) is 0 Å². The fraction of sp³-hybridized carbons (Fsp3) is 0. The molecule has 0 radical (unpaired) electrons. The van der Waals surface area contributed by atoms with Crippen LogP contribution in [0.25, 0.3) is 66.1 Å². The molecule has 0 N–H and O–H groups in total. The molecule has 0 fully saturated rings. The molecule has 0 nitrogen and oxygen atoms in total. The molecular weight excluding hydrogens is 464 g/mol. The maximum atomic E-state index is 3.62. The third-order valence-corrected chi connectivity index (χ3v) is 7.38. The lowest BCUT2D eigenvalue weighted by molar-refractivity contribution is 1.60. The highest BCUT2D eigenvalue weighted by Crippen LogP contribution is 2.57. The third-order valence-electron chi connectivity index (χ3n) is 6.85. The topological polar surface area (TPSA) is 0 Å². The van der Waals surface area contributed by atoms with Gasteiger partial charge in [-0.25, -0.2) is 0 Å². The SMILES string of the molecule is Brc1ccc(-c2c3c(c(-c4ccccc4)c4ccccc24)-c2cccc4cccc-3c24)cc1. The molecule has 1 aliphatic carbocycles. The first-order valence-electron chi connectivity index (χ1n) is 11.2. The van der Waals surface area contributed by atoms with Crippen LogP contribution in [0.2, 0.25) is 0 Å². The van der Waals surface area contributed by atoms with Crippen LogP contribution in [0.3, 0.4) is 0 Å². The largest absolute Gasteiger partial charge is 0.0622 e. The zero-order valence-corrected chi connectivity index (χ0v) is 19.4. The second kappa shape index (κ2) is 7.16. The van der Waals surface area contributed by atoms with Gasteiger partial charge in [0.25, 0.3) is 0 Å². The van der Waals surface area contributed by atoms with E-state index >= 15 is 0 Å². The fourth-order valence-electron chi connectivity index (χ4n) is 5.56. The van der Waals surface area contributed by atoms with Crippen molar-refractivity contribution in [2.75, 3.05) is 0 Å². The summed E-state index contributed by atoms with van der Waals surface area (Å²) in [6.07, 6.45) is 0. The van der Waals surface area contributed by atoms with Crippen molar-refractivity contribution in [1.82, 2.24) is 0 Å². The first kappa shape index (κ1) is 18.8. The number of hydrogen-bond donors (Lipinski definition) is 0. The lowest BCUT2D eigenvalue weighted by Crippen LogP contribution is -1.93. The Morgan fingerprint density at radius 1 is 0.394 bits per heavy atom. The summed E-state index contributed by atoms with van der Waals surface area (Å²) in [5, 5.41) is 5.25. The van der Waals surface area contributed by atoms with Crippen molar-refractivity contribution < 1.29 is 0 Å². The monoisotopic (exact) mass is 482 g/mol. The van der Waals surface area contributed by atoms with Gasteiger partial charge < -0.3 is 0 Å². The molecule has 0 aromatic heterocycles. The number of halogens is 1. The van der Waals surface area contributed by atoms with Gasteiger partial charge in [0.2, 0.25) is 0 Å². The van der Waals surface area contributed by atoms with Crippen molar-refractivity contribution >= 4 is 37.5 Å². The summed E-state index contributed by atoms with van der Waals surface area (Å²) in [5.74, 6) is 0. The van der Waals surface area contributed by atoms with E-state index in [1.54, 1.807) is 0 Å². The van der Waals surface area contributed by atoms with Crippen LogP contribution in [0.1, 0.15) is 0 Å². The summed E-state index contributed by atoms with van der Waals surface area (Å²) >= 11 is 3.62. The van der Waals surface area contributed by atoms with Gasteiger partial charge >= 0.3 is 0 Å². The second-order valence-corrected chi connectivity index (χ2v) is 9.54. The van der Waals surface area contributed by atoms with Crippen LogP contribution >= 0.6 is 15.9 Å². The van der Waals surface area contributed by atoms with Crippen LogP contribution < -0.4 is 0 Å². The Morgan fingerprint density at radius 3 is 1.48 bits per heavy atom. The lowest BCUT2D eigenvalue weighted by atomic mass is 9.82. The van der Waals surface area contributed by atoms with Crippen molar-refractivity contribution in [3.63, 3.8) is 0 Å². The van der Waals surface area contributed by atoms with Gasteiger partial charge in [0.1, 0.15) is 0 Å². The summed E-state index contributed by atoms with van der Waals surface area (Å²) in [4.78, 5) is 0. The number of fused-ring (bicyclic) bond motifs is 4. The highest BCUT2D eigenvalue weighted by Gasteiger charge is 2.30. The molecule has 154 valence electrons. The molecular formula is C32H19Br. The molecule has 0 spiro atoms. The van der Waals surface area contributed by atoms with E-state index in [1.807, 2.05) is 0 Å². The number of hydrogen-bond acceptors (Lipinski definition) is 0. The van der Waals surface area contributed by atoms with Crippen LogP contribution in [0.4, 0.5) is 0 Å². The Hall–Kier alpha value is -3.68. The van der Waals surface area contributed by atoms with Crippen LogP contribution in [-0.4, -0.2) is 0 Å². The lowest BCUT2D eigenvalue weighted by Gasteiger charge is -2.20. The summed E-state index contributed by atoms with van der Waals surface area (Å²) < 4.78 is 1.10. The minimum atomic E-state index is 1.10. The quantitative estimate of drug-likeness (QED) is 0.230. The van der Waals surface area contributed by atoms with E-state index in [2.05, 4.69) is 131 Å². The van der Waals surface area contributed by atoms with E-state index in [1.165, 1.54) is 66.1 Å². The highest BCUT2D eigenvalue weighted by atomic mass is 79.9. The molecule has 1 heteroatoms. The minimum Gasteiger partial charge on any atom is -0.0622 e. The Labute approximate surface area is 201 Å². The Kier molecular flexibility index (Phi) is 4.09. The predicted molar refractivity (Wildman–Crippen MR) is 144 cm³/mol. The minimum absolute atomic E-state index is 1.10. The van der Waals surface area contributed by atoms with E-state index in [0.29, 0.717) is 0 Å². The van der Waals surface area contributed by atoms with Crippen LogP contribution in [-0.2, 0) is 0 Å². The average molecular weight is 483 g/mol. The fourth-order valence-corrected chi connectivity index (χ4v) is 5.82. The van der Waals surface area contributed by atoms with Gasteiger partial charge in [0, 0.05) is 4.47 Å². The van der Waals surface area contributed by atoms with E-state index in [4.69, 9.17) is 0 Å². The highest BCUT2D eigenvalue weighted by molar-refractivity contribution is 9.10. The van der Waals surface area contributed by atoms with Gasteiger partial charge in [-0.1, -0.05) is 119 Å². The molecule has 0 heterocycles. The van der Waals surface area contributed by atoms with Crippen molar-refractivity contribution in [3.8, 4) is 44.5 Å². The zero-order chi connectivity index (χ0) is 21.9. The van der Waals surface area contributed by atoms with Crippen molar-refractivity contribution in [1.29, 1.82) is 0 Å². The van der Waals surface area contributed by atoms with Gasteiger partial charge in [-0.15, -0.1) is 0 Å². The van der Waals surface area contributed by atoms with E-state index in [-0.39, 0.29) is 0 Å². The summed E-state index contributed by atoms with van der Waals surface area (Å²) in [6.45, 7) is 0. The summed E-state index contributed by atoms with van der Waals surface area (Å²) in [6, 6.07) is 41.9. The molecule has 33 heavy (non-hydrogen) atoms. The average Bonchev–Trinajstić information content (AvgIpc) is 3.20. The Balaban J connectivity index is 1.76. The molecule has 0 saturated carbocycles. The third kappa shape index (κ3) is 2.70. The van der Waals surface area contributed by atoms with Crippen LogP contribution in [0.5, 0.6) is 0 Å². The number of rotatable bonds is 2. The van der Waals surface area contributed by atoms with Crippen molar-refractivity contribution in [2.45, 2.75) is 0 Å². The Bertz CT molecular complexity index is 1690. The molecule has 6 aromatic rings. The molecule has 0 saturated heterocycles. The van der Waals surface area contributed by atoms with Crippen molar-refractivity contribution in [2.24, 2.45) is 0 Å². The maximum Gasteiger partial charge on any atom is 0.0175 e. The van der Waals surface area contributed by atoms with Gasteiger partial charge in [-0.3, -0.25) is 0 Å². The number of benzene rings is 6. The normalized spacial score (nSPS) is 11.8. The molecule has 0 unspecified atom stereocenters. The van der Waals surface area contributed by atoms with Crippen molar-refractivity contribution in [3.05, 3.63) is 120 Å². The second-order valence-electron chi connectivity index (χ2n) is 8.63. The molecule has 1 aliphatic rings. The first-order chi connectivity index (χ1) is 16.3. The molecule has 7 rings (SSSR count). The molecule has 0 amide bonds. The summed E-state index contributed by atoms with van der Waals surface area (Å²) in [7, 11) is 0. The van der Waals surface area contributed by atoms with Crippen LogP contribution in [0, 0.1) is 0 Å². The van der Waals surface area contributed by atoms with Gasteiger partial charge in [0.15, 0.2) is 0 Å². The predicted octanol–water partition coefficient (Wildman–Crippen LogP) is 9.74. The molecule has 0 aliphatic heterocycles. The smallest absolute Gasteiger partial charge is 0.0175 e. The summed E-state index contributed by atoms with van der Waals surface area (Å²) in [5.41, 5.74) is 10.5. The Morgan fingerprint density at radius 2 is 0.909 bits per heavy atom. The van der Waals surface area contributed by atoms with Gasteiger partial charge in [-0.2, -0.15) is 0 Å². The standard InChI is InChI=1S/C32H19Br/c33-23-18-16-22(17-19-23)30-25-13-5-4-12-24(25)29(21-8-2-1-3-9-21)31-26-14-6-10-20-11-7-15-27(28(20)26)32(30)31/h1-19H. The van der Waals surface area contributed by atoms with E-state index < -0.39 is 0 Å². The maximum absolute atomic E-state index is 3.62. The van der Waals surface area contributed by atoms with E-state index in [0.717, 1.165) is 4.47 Å². The molecule has 0 atom stereocenters. The molecule has 6 aromatic carbocycles. The zero-order valence-electron chi connectivity index (χ0n) is 17.8. The first-order valence-corrected chi connectivity index (χ1v) is 12.0. The van der Waals surface area contributed by atoms with Gasteiger partial charge in [-0.05, 0) is 78.2 Å².